The number of furan rings is 2. The van der Waals surface area contributed by atoms with Gasteiger partial charge in [0.05, 0.1) is 41.4 Å². The van der Waals surface area contributed by atoms with Crippen LogP contribution in [-0.2, 0) is 28.9 Å². The topological polar surface area (TPSA) is 63.7 Å². The van der Waals surface area contributed by atoms with Crippen LogP contribution in [-0.4, -0.2) is 12.7 Å². The number of hydrogen-bond donors (Lipinski definition) is 0. The van der Waals surface area contributed by atoms with Gasteiger partial charge in [0.15, 0.2) is 0 Å². The quantitative estimate of drug-likeness (QED) is 0.576. The van der Waals surface area contributed by atoms with Crippen molar-refractivity contribution in [3.63, 3.8) is 0 Å². The fourth-order valence-corrected chi connectivity index (χ4v) is 4.09. The molecule has 1 aromatic carbocycles. The molecule has 0 aliphatic rings. The van der Waals surface area contributed by atoms with E-state index in [9.17, 15) is 8.42 Å². The maximum absolute atomic E-state index is 12.9. The molecule has 0 radical (unpaired) electrons. The Hall–Kier alpha value is -1.73. The number of nitrogens with zero attached hydrogens (tertiary/aromatic N) is 1. The molecule has 5 nitrogen and oxygen atoms in total. The first-order valence-electron chi connectivity index (χ1n) is 7.40. The summed E-state index contributed by atoms with van der Waals surface area (Å²) < 4.78 is 37.7. The molecule has 0 N–H and O–H groups in total. The highest BCUT2D eigenvalue weighted by atomic mass is 35.5. The number of benzene rings is 1. The van der Waals surface area contributed by atoms with Gasteiger partial charge in [-0.25, -0.2) is 8.42 Å². The molecule has 0 spiro atoms. The van der Waals surface area contributed by atoms with E-state index < -0.39 is 10.0 Å². The first-order valence-corrected chi connectivity index (χ1v) is 9.77. The number of sulfonamides is 1. The number of halogens is 2. The van der Waals surface area contributed by atoms with Gasteiger partial charge in [-0.1, -0.05) is 29.3 Å². The Morgan fingerprint density at radius 3 is 1.96 bits per heavy atom. The SMILES string of the molecule is O=S(=O)(Cc1ccc(Cl)c(Cl)c1)N(Cc1ccco1)Cc1ccco1. The standard InChI is InChI=1S/C17H15Cl2NO4S/c18-16-6-5-13(9-17(16)19)12-25(21,22)20(10-14-3-1-7-23-14)11-15-4-2-8-24-15/h1-9H,10-12H2. The molecule has 132 valence electrons. The predicted molar refractivity (Wildman–Crippen MR) is 95.7 cm³/mol. The van der Waals surface area contributed by atoms with Gasteiger partial charge in [-0.15, -0.1) is 0 Å². The van der Waals surface area contributed by atoms with Gasteiger partial charge in [0.2, 0.25) is 10.0 Å². The smallest absolute Gasteiger partial charge is 0.219 e. The number of rotatable bonds is 7. The first kappa shape index (κ1) is 18.1. The lowest BCUT2D eigenvalue weighted by molar-refractivity contribution is 0.330. The Morgan fingerprint density at radius 1 is 0.880 bits per heavy atom. The summed E-state index contributed by atoms with van der Waals surface area (Å²) in [6.07, 6.45) is 3.01. The second-order valence-corrected chi connectivity index (χ2v) is 8.21. The van der Waals surface area contributed by atoms with Crippen LogP contribution in [0.5, 0.6) is 0 Å². The van der Waals surface area contributed by atoms with E-state index in [4.69, 9.17) is 32.0 Å². The van der Waals surface area contributed by atoms with Crippen molar-refractivity contribution in [2.75, 3.05) is 0 Å². The summed E-state index contributed by atoms with van der Waals surface area (Å²) in [7, 11) is -3.65. The Labute approximate surface area is 155 Å². The third kappa shape index (κ3) is 4.67. The van der Waals surface area contributed by atoms with Crippen LogP contribution in [0.15, 0.2) is 63.8 Å². The minimum atomic E-state index is -3.65. The average Bonchev–Trinajstić information content (AvgIpc) is 3.24. The molecule has 0 aliphatic carbocycles. The van der Waals surface area contributed by atoms with Crippen molar-refractivity contribution in [2.45, 2.75) is 18.8 Å². The zero-order valence-electron chi connectivity index (χ0n) is 13.1. The van der Waals surface area contributed by atoms with Gasteiger partial charge in [-0.3, -0.25) is 0 Å². The maximum atomic E-state index is 12.9. The minimum Gasteiger partial charge on any atom is -0.468 e. The molecular weight excluding hydrogens is 385 g/mol. The van der Waals surface area contributed by atoms with Crippen LogP contribution in [0.4, 0.5) is 0 Å². The molecule has 2 aromatic heterocycles. The summed E-state index contributed by atoms with van der Waals surface area (Å²) >= 11 is 11.9. The highest BCUT2D eigenvalue weighted by Crippen LogP contribution is 2.25. The highest BCUT2D eigenvalue weighted by molar-refractivity contribution is 7.88. The molecule has 3 rings (SSSR count). The summed E-state index contributed by atoms with van der Waals surface area (Å²) in [5.41, 5.74) is 0.554. The van der Waals surface area contributed by atoms with Gasteiger partial charge in [-0.2, -0.15) is 4.31 Å². The molecule has 2 heterocycles. The van der Waals surface area contributed by atoms with E-state index in [2.05, 4.69) is 0 Å². The Kier molecular flexibility index (Phi) is 5.54. The van der Waals surface area contributed by atoms with Crippen LogP contribution in [0.1, 0.15) is 17.1 Å². The normalized spacial score (nSPS) is 12.0. The molecule has 0 bridgehead atoms. The van der Waals surface area contributed by atoms with Crippen LogP contribution in [0, 0.1) is 0 Å². The van der Waals surface area contributed by atoms with Crippen molar-refractivity contribution < 1.29 is 17.3 Å². The molecule has 0 saturated heterocycles. The Balaban J connectivity index is 1.85. The zero-order chi connectivity index (χ0) is 17.9. The summed E-state index contributed by atoms with van der Waals surface area (Å²) in [4.78, 5) is 0. The highest BCUT2D eigenvalue weighted by Gasteiger charge is 2.25. The fraction of sp³-hybridized carbons (Fsp3) is 0.176. The Morgan fingerprint density at radius 2 is 1.48 bits per heavy atom. The lowest BCUT2D eigenvalue weighted by Gasteiger charge is -2.20. The molecule has 3 aromatic rings. The number of hydrogen-bond acceptors (Lipinski definition) is 4. The zero-order valence-corrected chi connectivity index (χ0v) is 15.4. The van der Waals surface area contributed by atoms with Gasteiger partial charge in [0, 0.05) is 0 Å². The molecule has 0 fully saturated rings. The van der Waals surface area contributed by atoms with Gasteiger partial charge in [0.1, 0.15) is 11.5 Å². The molecule has 0 saturated carbocycles. The molecule has 25 heavy (non-hydrogen) atoms. The van der Waals surface area contributed by atoms with Crippen LogP contribution in [0.25, 0.3) is 0 Å². The lowest BCUT2D eigenvalue weighted by Crippen LogP contribution is -2.31. The van der Waals surface area contributed by atoms with Gasteiger partial charge >= 0.3 is 0 Å². The van der Waals surface area contributed by atoms with E-state index in [1.54, 1.807) is 42.5 Å². The van der Waals surface area contributed by atoms with Crippen molar-refractivity contribution in [1.82, 2.24) is 4.31 Å². The van der Waals surface area contributed by atoms with Crippen molar-refractivity contribution in [3.05, 3.63) is 82.1 Å². The van der Waals surface area contributed by atoms with E-state index >= 15 is 0 Å². The third-order valence-electron chi connectivity index (χ3n) is 3.55. The van der Waals surface area contributed by atoms with Gasteiger partial charge in [0.25, 0.3) is 0 Å². The van der Waals surface area contributed by atoms with E-state index in [0.717, 1.165) is 0 Å². The fourth-order valence-electron chi connectivity index (χ4n) is 2.34. The molecule has 0 atom stereocenters. The minimum absolute atomic E-state index is 0.108. The van der Waals surface area contributed by atoms with E-state index in [-0.39, 0.29) is 18.8 Å². The second kappa shape index (κ2) is 7.66. The van der Waals surface area contributed by atoms with Crippen molar-refractivity contribution >= 4 is 33.2 Å². The first-order chi connectivity index (χ1) is 11.9. The van der Waals surface area contributed by atoms with Crippen molar-refractivity contribution in [2.24, 2.45) is 0 Å². The predicted octanol–water partition coefficient (Wildman–Crippen LogP) is 4.71. The summed E-state index contributed by atoms with van der Waals surface area (Å²) in [5, 5.41) is 0.698. The molecule has 0 amide bonds. The average molecular weight is 400 g/mol. The van der Waals surface area contributed by atoms with E-state index in [1.807, 2.05) is 0 Å². The maximum Gasteiger partial charge on any atom is 0.219 e. The molecule has 0 aliphatic heterocycles. The summed E-state index contributed by atoms with van der Waals surface area (Å²) in [5.74, 6) is 0.888. The van der Waals surface area contributed by atoms with Crippen LogP contribution in [0.3, 0.4) is 0 Å². The van der Waals surface area contributed by atoms with Crippen LogP contribution in [0.2, 0.25) is 10.0 Å². The lowest BCUT2D eigenvalue weighted by atomic mass is 10.2. The Bertz CT molecular complexity index is 885. The van der Waals surface area contributed by atoms with Crippen molar-refractivity contribution in [1.29, 1.82) is 0 Å². The monoisotopic (exact) mass is 399 g/mol. The van der Waals surface area contributed by atoms with E-state index in [0.29, 0.717) is 27.1 Å². The summed E-state index contributed by atoms with van der Waals surface area (Å²) in [6.45, 7) is 0.217. The van der Waals surface area contributed by atoms with Crippen LogP contribution >= 0.6 is 23.2 Å². The second-order valence-electron chi connectivity index (χ2n) is 5.43. The van der Waals surface area contributed by atoms with E-state index in [1.165, 1.54) is 16.8 Å². The van der Waals surface area contributed by atoms with Crippen LogP contribution < -0.4 is 0 Å². The van der Waals surface area contributed by atoms with Gasteiger partial charge in [-0.05, 0) is 42.0 Å². The van der Waals surface area contributed by atoms with Crippen molar-refractivity contribution in [3.8, 4) is 0 Å². The molecule has 8 heteroatoms. The summed E-state index contributed by atoms with van der Waals surface area (Å²) in [6, 6.07) is 11.7. The molecule has 0 unspecified atom stereocenters. The molecular formula is C17H15Cl2NO4S. The third-order valence-corrected chi connectivity index (χ3v) is 6.03. The largest absolute Gasteiger partial charge is 0.468 e. The van der Waals surface area contributed by atoms with Gasteiger partial charge < -0.3 is 8.83 Å².